The van der Waals surface area contributed by atoms with Crippen molar-refractivity contribution in [3.05, 3.63) is 71.8 Å². The Morgan fingerprint density at radius 3 is 2.21 bits per heavy atom. The third-order valence-corrected chi connectivity index (χ3v) is 5.11. The number of ether oxygens (including phenoxy) is 2. The minimum Gasteiger partial charge on any atom is -0.481 e. The zero-order valence-electron chi connectivity index (χ0n) is 21.9. The molecule has 0 aliphatic rings. The Bertz CT molecular complexity index is 1100. The molecule has 1 atom stereocenters. The molecule has 2 aromatic carbocycles. The Morgan fingerprint density at radius 2 is 1.61 bits per heavy atom. The number of esters is 1. The average Bonchev–Trinajstić information content (AvgIpc) is 2.87. The van der Waals surface area contributed by atoms with E-state index >= 15 is 0 Å². The Morgan fingerprint density at radius 1 is 0.974 bits per heavy atom. The molecule has 0 aromatic heterocycles. The third-order valence-electron chi connectivity index (χ3n) is 5.11. The molecule has 2 aromatic rings. The van der Waals surface area contributed by atoms with Crippen LogP contribution in [-0.2, 0) is 25.7 Å². The van der Waals surface area contributed by atoms with Gasteiger partial charge in [0.15, 0.2) is 5.78 Å². The second-order valence-electron chi connectivity index (χ2n) is 9.54. The lowest BCUT2D eigenvalue weighted by molar-refractivity contribution is -0.160. The minimum absolute atomic E-state index is 0.0198. The number of alkyl carbamates (subject to hydrolysis) is 1. The van der Waals surface area contributed by atoms with Crippen LogP contribution in [0.3, 0.4) is 0 Å². The summed E-state index contributed by atoms with van der Waals surface area (Å²) in [5.74, 6) is -2.82. The first kappa shape index (κ1) is 30.0. The van der Waals surface area contributed by atoms with Gasteiger partial charge in [-0.05, 0) is 39.2 Å². The smallest absolute Gasteiger partial charge is 0.414 e. The van der Waals surface area contributed by atoms with Crippen molar-refractivity contribution in [1.29, 1.82) is 0 Å². The van der Waals surface area contributed by atoms with Crippen molar-refractivity contribution in [3.63, 3.8) is 0 Å². The van der Waals surface area contributed by atoms with Gasteiger partial charge in [0.05, 0.1) is 12.3 Å². The van der Waals surface area contributed by atoms with Crippen LogP contribution in [0.15, 0.2) is 65.7 Å². The van der Waals surface area contributed by atoms with Crippen molar-refractivity contribution in [2.24, 2.45) is 10.9 Å². The number of nitrogens with one attached hydrogen (secondary N) is 2. The highest BCUT2D eigenvalue weighted by molar-refractivity contribution is 6.00. The van der Waals surface area contributed by atoms with Gasteiger partial charge in [0, 0.05) is 12.1 Å². The van der Waals surface area contributed by atoms with E-state index in [0.717, 1.165) is 5.56 Å². The van der Waals surface area contributed by atoms with Crippen molar-refractivity contribution in [2.45, 2.75) is 52.2 Å². The van der Waals surface area contributed by atoms with Crippen LogP contribution >= 0.6 is 0 Å². The van der Waals surface area contributed by atoms with E-state index in [1.807, 2.05) is 30.3 Å². The molecular formula is C28H35N3O7. The van der Waals surface area contributed by atoms with Gasteiger partial charge in [0.25, 0.3) is 0 Å². The Kier molecular flexibility index (Phi) is 12.0. The van der Waals surface area contributed by atoms with E-state index in [0.29, 0.717) is 12.0 Å². The predicted octanol–water partition coefficient (Wildman–Crippen LogP) is 3.95. The molecule has 0 radical (unpaired) electrons. The van der Waals surface area contributed by atoms with Crippen LogP contribution in [0.4, 0.5) is 4.79 Å². The van der Waals surface area contributed by atoms with Crippen LogP contribution in [0.1, 0.15) is 56.0 Å². The van der Waals surface area contributed by atoms with Gasteiger partial charge in [-0.1, -0.05) is 60.7 Å². The summed E-state index contributed by atoms with van der Waals surface area (Å²) in [7, 11) is 0. The van der Waals surface area contributed by atoms with Crippen LogP contribution in [-0.4, -0.2) is 53.6 Å². The first-order valence-electron chi connectivity index (χ1n) is 12.3. The Balaban J connectivity index is 1.95. The second-order valence-corrected chi connectivity index (χ2v) is 9.54. The number of aliphatic imine (C=N–C) groups is 1. The molecule has 3 N–H and O–H groups in total. The molecule has 0 heterocycles. The number of guanidine groups is 1. The van der Waals surface area contributed by atoms with Crippen molar-refractivity contribution in [2.75, 3.05) is 13.1 Å². The maximum absolute atomic E-state index is 12.5. The molecule has 0 aliphatic heterocycles. The lowest BCUT2D eigenvalue weighted by atomic mass is 9.99. The van der Waals surface area contributed by atoms with Crippen LogP contribution in [0.5, 0.6) is 0 Å². The number of ketones is 1. The van der Waals surface area contributed by atoms with E-state index < -0.39 is 29.6 Å². The van der Waals surface area contributed by atoms with Crippen LogP contribution in [0, 0.1) is 5.92 Å². The van der Waals surface area contributed by atoms with E-state index in [2.05, 4.69) is 15.6 Å². The second kappa shape index (κ2) is 15.1. The van der Waals surface area contributed by atoms with Gasteiger partial charge in [-0.15, -0.1) is 0 Å². The molecule has 0 fully saturated rings. The molecule has 0 spiro atoms. The molecule has 0 aliphatic carbocycles. The molecule has 0 bridgehead atoms. The van der Waals surface area contributed by atoms with E-state index in [4.69, 9.17) is 9.47 Å². The molecule has 10 nitrogen and oxygen atoms in total. The summed E-state index contributed by atoms with van der Waals surface area (Å²) in [6.07, 6.45) is -0.466. The summed E-state index contributed by atoms with van der Waals surface area (Å²) < 4.78 is 10.4. The Labute approximate surface area is 222 Å². The molecule has 1 amide bonds. The van der Waals surface area contributed by atoms with Crippen LogP contribution < -0.4 is 10.6 Å². The summed E-state index contributed by atoms with van der Waals surface area (Å²) in [4.78, 5) is 52.6. The Hall–Kier alpha value is -4.21. The summed E-state index contributed by atoms with van der Waals surface area (Å²) in [5, 5.41) is 14.9. The zero-order chi connectivity index (χ0) is 28.0. The van der Waals surface area contributed by atoms with E-state index in [1.54, 1.807) is 51.1 Å². The normalized spacial score (nSPS) is 12.2. The highest BCUT2D eigenvalue weighted by Crippen LogP contribution is 2.16. The van der Waals surface area contributed by atoms with Gasteiger partial charge >= 0.3 is 18.0 Å². The number of Topliss-reactive ketones (excluding diaryl/α,β-unsaturated/α-hetero) is 1. The van der Waals surface area contributed by atoms with Crippen molar-refractivity contribution < 1.29 is 33.8 Å². The van der Waals surface area contributed by atoms with E-state index in [9.17, 15) is 24.3 Å². The van der Waals surface area contributed by atoms with Gasteiger partial charge < -0.3 is 19.9 Å². The number of hydrogen-bond donors (Lipinski definition) is 3. The maximum atomic E-state index is 12.5. The highest BCUT2D eigenvalue weighted by atomic mass is 16.6. The number of carbonyl (C=O) groups excluding carboxylic acids is 3. The zero-order valence-corrected chi connectivity index (χ0v) is 21.9. The SMILES string of the molecule is CC(C)(C)OC(=O)CC(CCCNC(=NCC(=O)c1ccccc1)NC(=O)OCc1ccccc1)C(=O)O. The summed E-state index contributed by atoms with van der Waals surface area (Å²) >= 11 is 0. The van der Waals surface area contributed by atoms with Gasteiger partial charge in [-0.2, -0.15) is 0 Å². The highest BCUT2D eigenvalue weighted by Gasteiger charge is 2.25. The van der Waals surface area contributed by atoms with Crippen LogP contribution in [0.25, 0.3) is 0 Å². The van der Waals surface area contributed by atoms with Crippen molar-refractivity contribution >= 4 is 29.8 Å². The maximum Gasteiger partial charge on any atom is 0.414 e. The van der Waals surface area contributed by atoms with Gasteiger partial charge in [0.1, 0.15) is 18.8 Å². The number of nitrogens with zero attached hydrogens (tertiary/aromatic N) is 1. The van der Waals surface area contributed by atoms with Crippen LogP contribution in [0.2, 0.25) is 0 Å². The monoisotopic (exact) mass is 525 g/mol. The van der Waals surface area contributed by atoms with Gasteiger partial charge in [-0.3, -0.25) is 19.7 Å². The molecular weight excluding hydrogens is 490 g/mol. The number of benzene rings is 2. The number of carbonyl (C=O) groups is 4. The molecule has 1 unspecified atom stereocenters. The standard InChI is InChI=1S/C28H35N3O7/c1-28(2,3)38-24(33)17-22(25(34)35)15-10-16-29-26(30-18-23(32)21-13-8-5-9-14-21)31-27(36)37-19-20-11-6-4-7-12-20/h4-9,11-14,22H,10,15-19H2,1-3H3,(H,34,35)(H2,29,30,31,36). The van der Waals surface area contributed by atoms with Crippen molar-refractivity contribution in [3.8, 4) is 0 Å². The quantitative estimate of drug-likeness (QED) is 0.124. The van der Waals surface area contributed by atoms with E-state index in [-0.39, 0.29) is 44.3 Å². The predicted molar refractivity (Wildman–Crippen MR) is 142 cm³/mol. The number of hydrogen-bond acceptors (Lipinski definition) is 7. The first-order valence-corrected chi connectivity index (χ1v) is 12.3. The lowest BCUT2D eigenvalue weighted by Gasteiger charge is -2.21. The number of rotatable bonds is 12. The number of aliphatic carboxylic acids is 1. The molecule has 0 saturated heterocycles. The molecule has 2 rings (SSSR count). The van der Waals surface area contributed by atoms with Gasteiger partial charge in [0.2, 0.25) is 5.96 Å². The molecule has 38 heavy (non-hydrogen) atoms. The topological polar surface area (TPSA) is 143 Å². The molecule has 0 saturated carbocycles. The fraction of sp³-hybridized carbons (Fsp3) is 0.393. The van der Waals surface area contributed by atoms with Crippen molar-refractivity contribution in [1.82, 2.24) is 10.6 Å². The first-order chi connectivity index (χ1) is 18.0. The molecule has 10 heteroatoms. The fourth-order valence-corrected chi connectivity index (χ4v) is 3.31. The largest absolute Gasteiger partial charge is 0.481 e. The van der Waals surface area contributed by atoms with Gasteiger partial charge in [-0.25, -0.2) is 9.79 Å². The summed E-state index contributed by atoms with van der Waals surface area (Å²) in [5.41, 5.74) is 0.581. The number of carboxylic acids is 1. The van der Waals surface area contributed by atoms with E-state index in [1.165, 1.54) is 0 Å². The summed E-state index contributed by atoms with van der Waals surface area (Å²) in [6.45, 7) is 5.20. The number of carboxylic acid groups (broad SMARTS) is 1. The average molecular weight is 526 g/mol. The fourth-order valence-electron chi connectivity index (χ4n) is 3.31. The number of amides is 1. The molecule has 204 valence electrons. The summed E-state index contributed by atoms with van der Waals surface area (Å²) in [6, 6.07) is 17.8. The minimum atomic E-state index is -1.10. The lowest BCUT2D eigenvalue weighted by Crippen LogP contribution is -2.42. The third kappa shape index (κ3) is 12.2.